The van der Waals surface area contributed by atoms with E-state index in [0.717, 1.165) is 5.56 Å². The summed E-state index contributed by atoms with van der Waals surface area (Å²) in [5.74, 6) is 0.0795. The fourth-order valence-electron chi connectivity index (χ4n) is 2.19. The molecule has 0 aliphatic carbocycles. The number of benzene rings is 1. The van der Waals surface area contributed by atoms with Gasteiger partial charge >= 0.3 is 0 Å². The second kappa shape index (κ2) is 10.8. The SMILES string of the molecule is COCCOc1ccccc1C(=O)NCCC(=O)NCc1ccncc1. The van der Waals surface area contributed by atoms with E-state index < -0.39 is 0 Å². The van der Waals surface area contributed by atoms with Crippen molar-refractivity contribution < 1.29 is 19.1 Å². The lowest BCUT2D eigenvalue weighted by atomic mass is 10.2. The largest absolute Gasteiger partial charge is 0.490 e. The molecule has 1 aromatic heterocycles. The molecule has 26 heavy (non-hydrogen) atoms. The molecule has 0 fully saturated rings. The second-order valence-electron chi connectivity index (χ2n) is 5.48. The van der Waals surface area contributed by atoms with Gasteiger partial charge in [0.1, 0.15) is 12.4 Å². The van der Waals surface area contributed by atoms with Crippen LogP contribution in [0.3, 0.4) is 0 Å². The highest BCUT2D eigenvalue weighted by molar-refractivity contribution is 5.97. The first-order valence-electron chi connectivity index (χ1n) is 8.35. The number of carbonyl (C=O) groups excluding carboxylic acids is 2. The molecule has 0 radical (unpaired) electrons. The van der Waals surface area contributed by atoms with E-state index in [4.69, 9.17) is 9.47 Å². The van der Waals surface area contributed by atoms with Gasteiger partial charge in [-0.15, -0.1) is 0 Å². The van der Waals surface area contributed by atoms with Crippen molar-refractivity contribution in [2.45, 2.75) is 13.0 Å². The Balaban J connectivity index is 1.75. The fraction of sp³-hybridized carbons (Fsp3) is 0.316. The molecule has 0 saturated heterocycles. The Morgan fingerprint density at radius 1 is 1.04 bits per heavy atom. The molecule has 0 spiro atoms. The molecule has 0 bridgehead atoms. The van der Waals surface area contributed by atoms with Crippen LogP contribution in [0, 0.1) is 0 Å². The van der Waals surface area contributed by atoms with Crippen LogP contribution >= 0.6 is 0 Å². The summed E-state index contributed by atoms with van der Waals surface area (Å²) in [5.41, 5.74) is 1.40. The average molecular weight is 357 g/mol. The Hall–Kier alpha value is -2.93. The van der Waals surface area contributed by atoms with E-state index in [2.05, 4.69) is 15.6 Å². The third-order valence-electron chi connectivity index (χ3n) is 3.55. The van der Waals surface area contributed by atoms with Gasteiger partial charge < -0.3 is 20.1 Å². The van der Waals surface area contributed by atoms with Crippen molar-refractivity contribution in [1.82, 2.24) is 15.6 Å². The number of nitrogens with zero attached hydrogens (tertiary/aromatic N) is 1. The first kappa shape index (κ1) is 19.4. The zero-order valence-corrected chi connectivity index (χ0v) is 14.7. The molecule has 0 atom stereocenters. The Bertz CT molecular complexity index is 707. The summed E-state index contributed by atoms with van der Waals surface area (Å²) >= 11 is 0. The minimum Gasteiger partial charge on any atom is -0.490 e. The molecule has 1 aromatic carbocycles. The van der Waals surface area contributed by atoms with Crippen molar-refractivity contribution in [2.24, 2.45) is 0 Å². The van der Waals surface area contributed by atoms with Gasteiger partial charge in [-0.05, 0) is 29.8 Å². The van der Waals surface area contributed by atoms with Gasteiger partial charge in [0.2, 0.25) is 5.91 Å². The van der Waals surface area contributed by atoms with Crippen LogP contribution in [0.1, 0.15) is 22.3 Å². The standard InChI is InChI=1S/C19H23N3O4/c1-25-12-13-26-17-5-3-2-4-16(17)19(24)21-11-8-18(23)22-14-15-6-9-20-10-7-15/h2-7,9-10H,8,11-14H2,1H3,(H,21,24)(H,22,23). The number of para-hydroxylation sites is 1. The number of carbonyl (C=O) groups is 2. The van der Waals surface area contributed by atoms with Gasteiger partial charge in [-0.3, -0.25) is 14.6 Å². The van der Waals surface area contributed by atoms with E-state index in [1.54, 1.807) is 43.8 Å². The Morgan fingerprint density at radius 3 is 2.58 bits per heavy atom. The molecule has 2 N–H and O–H groups in total. The van der Waals surface area contributed by atoms with Crippen molar-refractivity contribution in [3.8, 4) is 5.75 Å². The van der Waals surface area contributed by atoms with Gasteiger partial charge in [-0.2, -0.15) is 0 Å². The topological polar surface area (TPSA) is 89.5 Å². The lowest BCUT2D eigenvalue weighted by Crippen LogP contribution is -2.30. The predicted molar refractivity (Wildman–Crippen MR) is 96.8 cm³/mol. The summed E-state index contributed by atoms with van der Waals surface area (Å²) in [7, 11) is 1.59. The third-order valence-corrected chi connectivity index (χ3v) is 3.55. The van der Waals surface area contributed by atoms with Crippen LogP contribution in [0.4, 0.5) is 0 Å². The van der Waals surface area contributed by atoms with Crippen molar-refractivity contribution in [1.29, 1.82) is 0 Å². The number of hydrogen-bond acceptors (Lipinski definition) is 5. The van der Waals surface area contributed by atoms with Crippen molar-refractivity contribution in [3.63, 3.8) is 0 Å². The Morgan fingerprint density at radius 2 is 1.81 bits per heavy atom. The van der Waals surface area contributed by atoms with Gasteiger partial charge in [-0.25, -0.2) is 0 Å². The molecule has 2 amide bonds. The quantitative estimate of drug-likeness (QED) is 0.630. The van der Waals surface area contributed by atoms with Crippen LogP contribution in [-0.4, -0.2) is 43.7 Å². The minimum absolute atomic E-state index is 0.133. The van der Waals surface area contributed by atoms with E-state index >= 15 is 0 Å². The lowest BCUT2D eigenvalue weighted by molar-refractivity contribution is -0.121. The average Bonchev–Trinajstić information content (AvgIpc) is 2.67. The Labute approximate surface area is 152 Å². The van der Waals surface area contributed by atoms with Crippen LogP contribution in [0.2, 0.25) is 0 Å². The molecular weight excluding hydrogens is 334 g/mol. The highest BCUT2D eigenvalue weighted by Gasteiger charge is 2.12. The van der Waals surface area contributed by atoms with Crippen molar-refractivity contribution in [3.05, 3.63) is 59.9 Å². The number of rotatable bonds is 10. The van der Waals surface area contributed by atoms with E-state index in [0.29, 0.717) is 31.1 Å². The summed E-state index contributed by atoms with van der Waals surface area (Å²) in [6, 6.07) is 10.6. The van der Waals surface area contributed by atoms with Crippen LogP contribution < -0.4 is 15.4 Å². The highest BCUT2D eigenvalue weighted by Crippen LogP contribution is 2.17. The van der Waals surface area contributed by atoms with Gasteiger partial charge in [0.25, 0.3) is 5.91 Å². The van der Waals surface area contributed by atoms with Gasteiger partial charge in [0.05, 0.1) is 12.2 Å². The second-order valence-corrected chi connectivity index (χ2v) is 5.48. The number of ether oxygens (including phenoxy) is 2. The van der Waals surface area contributed by atoms with Crippen molar-refractivity contribution >= 4 is 11.8 Å². The molecule has 0 saturated carbocycles. The maximum absolute atomic E-state index is 12.3. The van der Waals surface area contributed by atoms with Crippen molar-refractivity contribution in [2.75, 3.05) is 26.9 Å². The lowest BCUT2D eigenvalue weighted by Gasteiger charge is -2.11. The summed E-state index contributed by atoms with van der Waals surface area (Å²) in [5, 5.41) is 5.54. The maximum atomic E-state index is 12.3. The zero-order valence-electron chi connectivity index (χ0n) is 14.7. The van der Waals surface area contributed by atoms with Gasteiger partial charge in [0.15, 0.2) is 0 Å². The zero-order chi connectivity index (χ0) is 18.6. The normalized spacial score (nSPS) is 10.2. The molecule has 0 aliphatic rings. The van der Waals surface area contributed by atoms with Gasteiger partial charge in [0, 0.05) is 39.0 Å². The van der Waals surface area contributed by atoms with E-state index in [-0.39, 0.29) is 24.8 Å². The summed E-state index contributed by atoms with van der Waals surface area (Å²) in [4.78, 5) is 28.1. The van der Waals surface area contributed by atoms with Crippen LogP contribution in [0.25, 0.3) is 0 Å². The molecule has 138 valence electrons. The smallest absolute Gasteiger partial charge is 0.255 e. The number of aromatic nitrogens is 1. The molecule has 2 rings (SSSR count). The fourth-order valence-corrected chi connectivity index (χ4v) is 2.19. The van der Waals surface area contributed by atoms with E-state index in [1.165, 1.54) is 0 Å². The predicted octanol–water partition coefficient (Wildman–Crippen LogP) is 1.54. The molecular formula is C19H23N3O4. The maximum Gasteiger partial charge on any atom is 0.255 e. The Kier molecular flexibility index (Phi) is 8.08. The number of hydrogen-bond donors (Lipinski definition) is 2. The number of pyridine rings is 1. The first-order valence-corrected chi connectivity index (χ1v) is 8.35. The summed E-state index contributed by atoms with van der Waals surface area (Å²) < 4.78 is 10.5. The first-order chi connectivity index (χ1) is 12.7. The minimum atomic E-state index is -0.278. The molecule has 7 nitrogen and oxygen atoms in total. The number of nitrogens with one attached hydrogen (secondary N) is 2. The molecule has 7 heteroatoms. The molecule has 2 aromatic rings. The van der Waals surface area contributed by atoms with E-state index in [9.17, 15) is 9.59 Å². The van der Waals surface area contributed by atoms with Crippen LogP contribution in [0.5, 0.6) is 5.75 Å². The summed E-state index contributed by atoms with van der Waals surface area (Å²) in [6.45, 7) is 1.48. The van der Waals surface area contributed by atoms with E-state index in [1.807, 2.05) is 12.1 Å². The highest BCUT2D eigenvalue weighted by atomic mass is 16.5. The molecule has 1 heterocycles. The van der Waals surface area contributed by atoms with Gasteiger partial charge in [-0.1, -0.05) is 12.1 Å². The van der Waals surface area contributed by atoms with Crippen LogP contribution in [0.15, 0.2) is 48.8 Å². The molecule has 0 aliphatic heterocycles. The third kappa shape index (κ3) is 6.52. The number of methoxy groups -OCH3 is 1. The monoisotopic (exact) mass is 357 g/mol. The molecule has 0 unspecified atom stereocenters. The van der Waals surface area contributed by atoms with Crippen LogP contribution in [-0.2, 0) is 16.1 Å². The summed E-state index contributed by atoms with van der Waals surface area (Å²) in [6.07, 6.45) is 3.55. The number of amides is 2.